The highest BCUT2D eigenvalue weighted by Gasteiger charge is 2.14. The smallest absolute Gasteiger partial charge is 0.253 e. The lowest BCUT2D eigenvalue weighted by Gasteiger charge is -2.18. The summed E-state index contributed by atoms with van der Waals surface area (Å²) in [5, 5.41) is 0. The Labute approximate surface area is 138 Å². The first kappa shape index (κ1) is 16.7. The number of sulfone groups is 1. The van der Waals surface area contributed by atoms with E-state index in [9.17, 15) is 13.2 Å². The van der Waals surface area contributed by atoms with Gasteiger partial charge in [-0.15, -0.1) is 0 Å². The summed E-state index contributed by atoms with van der Waals surface area (Å²) in [5.41, 5.74) is 1.47. The van der Waals surface area contributed by atoms with Crippen LogP contribution in [0.5, 0.6) is 0 Å². The predicted molar refractivity (Wildman–Crippen MR) is 89.5 cm³/mol. The molecule has 1 amide bonds. The van der Waals surface area contributed by atoms with Crippen molar-refractivity contribution in [2.24, 2.45) is 0 Å². The number of rotatable bonds is 4. The molecule has 0 aliphatic heterocycles. The van der Waals surface area contributed by atoms with Crippen molar-refractivity contribution in [2.45, 2.75) is 11.4 Å². The van der Waals surface area contributed by atoms with E-state index >= 15 is 0 Å². The summed E-state index contributed by atoms with van der Waals surface area (Å²) >= 11 is 3.46. The fourth-order valence-electron chi connectivity index (χ4n) is 2.02. The second-order valence-corrected chi connectivity index (χ2v) is 7.92. The lowest BCUT2D eigenvalue weighted by molar-refractivity contribution is 0.0784. The summed E-state index contributed by atoms with van der Waals surface area (Å²) in [7, 11) is -1.54. The first-order chi connectivity index (χ1) is 10.3. The van der Waals surface area contributed by atoms with Crippen LogP contribution in [0.15, 0.2) is 57.9 Å². The second-order valence-electron chi connectivity index (χ2n) is 5.05. The first-order valence-corrected chi connectivity index (χ1v) is 9.26. The quantitative estimate of drug-likeness (QED) is 0.817. The van der Waals surface area contributed by atoms with Gasteiger partial charge in [0.25, 0.3) is 5.91 Å². The summed E-state index contributed by atoms with van der Waals surface area (Å²) in [4.78, 5) is 14.2. The van der Waals surface area contributed by atoms with E-state index in [0.29, 0.717) is 12.1 Å². The van der Waals surface area contributed by atoms with E-state index in [1.54, 1.807) is 11.9 Å². The fourth-order valence-corrected chi connectivity index (χ4v) is 3.06. The van der Waals surface area contributed by atoms with E-state index in [0.717, 1.165) is 16.3 Å². The molecule has 2 rings (SSSR count). The van der Waals surface area contributed by atoms with Crippen molar-refractivity contribution in [1.82, 2.24) is 4.90 Å². The molecule has 2 aromatic carbocycles. The molecule has 0 saturated carbocycles. The minimum atomic E-state index is -3.25. The Kier molecular flexibility index (Phi) is 5.03. The van der Waals surface area contributed by atoms with Gasteiger partial charge in [0, 0.05) is 29.9 Å². The van der Waals surface area contributed by atoms with Gasteiger partial charge in [-0.1, -0.05) is 34.1 Å². The molecule has 0 heterocycles. The van der Waals surface area contributed by atoms with Gasteiger partial charge in [0.2, 0.25) is 0 Å². The van der Waals surface area contributed by atoms with Gasteiger partial charge < -0.3 is 4.90 Å². The maximum Gasteiger partial charge on any atom is 0.253 e. The molecule has 0 saturated heterocycles. The van der Waals surface area contributed by atoms with Crippen molar-refractivity contribution < 1.29 is 13.2 Å². The third-order valence-corrected chi connectivity index (χ3v) is 5.14. The summed E-state index contributed by atoms with van der Waals surface area (Å²) in [5.74, 6) is -0.157. The number of nitrogens with zero attached hydrogens (tertiary/aromatic N) is 1. The lowest BCUT2D eigenvalue weighted by Crippen LogP contribution is -2.26. The molecule has 116 valence electrons. The van der Waals surface area contributed by atoms with Crippen LogP contribution in [-0.4, -0.2) is 32.5 Å². The molecule has 0 aliphatic carbocycles. The van der Waals surface area contributed by atoms with Crippen molar-refractivity contribution in [3.63, 3.8) is 0 Å². The van der Waals surface area contributed by atoms with Gasteiger partial charge in [-0.3, -0.25) is 4.79 Å². The van der Waals surface area contributed by atoms with Crippen molar-refractivity contribution in [3.05, 3.63) is 64.1 Å². The van der Waals surface area contributed by atoms with Crippen molar-refractivity contribution in [2.75, 3.05) is 13.3 Å². The van der Waals surface area contributed by atoms with Crippen LogP contribution < -0.4 is 0 Å². The molecule has 0 aromatic heterocycles. The summed E-state index contributed by atoms with van der Waals surface area (Å²) in [6.07, 6.45) is 1.14. The van der Waals surface area contributed by atoms with Crippen LogP contribution in [0.25, 0.3) is 0 Å². The van der Waals surface area contributed by atoms with Crippen molar-refractivity contribution in [3.8, 4) is 0 Å². The summed E-state index contributed by atoms with van der Waals surface area (Å²) in [6, 6.07) is 13.7. The zero-order valence-electron chi connectivity index (χ0n) is 12.3. The van der Waals surface area contributed by atoms with E-state index in [4.69, 9.17) is 0 Å². The highest BCUT2D eigenvalue weighted by Crippen LogP contribution is 2.18. The van der Waals surface area contributed by atoms with Gasteiger partial charge in [0.15, 0.2) is 9.84 Å². The molecular weight excluding hydrogens is 366 g/mol. The van der Waals surface area contributed by atoms with Crippen molar-refractivity contribution in [1.29, 1.82) is 0 Å². The van der Waals surface area contributed by atoms with Crippen LogP contribution in [0.4, 0.5) is 0 Å². The Morgan fingerprint density at radius 3 is 2.23 bits per heavy atom. The van der Waals surface area contributed by atoms with Crippen LogP contribution in [-0.2, 0) is 16.4 Å². The number of amides is 1. The third-order valence-electron chi connectivity index (χ3n) is 3.24. The molecule has 0 N–H and O–H groups in total. The number of hydrogen-bond donors (Lipinski definition) is 0. The molecule has 22 heavy (non-hydrogen) atoms. The van der Waals surface area contributed by atoms with E-state index in [-0.39, 0.29) is 10.8 Å². The number of carbonyl (C=O) groups excluding carboxylic acids is 1. The maximum absolute atomic E-state index is 12.4. The topological polar surface area (TPSA) is 54.5 Å². The van der Waals surface area contributed by atoms with E-state index in [1.165, 1.54) is 24.3 Å². The predicted octanol–water partition coefficient (Wildman–Crippen LogP) is 3.12. The minimum absolute atomic E-state index is 0.157. The van der Waals surface area contributed by atoms with E-state index < -0.39 is 9.84 Å². The molecular formula is C16H16BrNO3S. The molecule has 6 heteroatoms. The first-order valence-electron chi connectivity index (χ1n) is 6.58. The Morgan fingerprint density at radius 2 is 1.68 bits per heavy atom. The van der Waals surface area contributed by atoms with Crippen LogP contribution >= 0.6 is 15.9 Å². The molecule has 0 aliphatic rings. The van der Waals surface area contributed by atoms with Gasteiger partial charge >= 0.3 is 0 Å². The summed E-state index contributed by atoms with van der Waals surface area (Å²) in [6.45, 7) is 0.466. The maximum atomic E-state index is 12.4. The summed E-state index contributed by atoms with van der Waals surface area (Å²) < 4.78 is 23.8. The SMILES string of the molecule is CN(Cc1ccccc1Br)C(=O)c1ccc(S(C)(=O)=O)cc1. The zero-order valence-corrected chi connectivity index (χ0v) is 14.7. The van der Waals surface area contributed by atoms with Crippen LogP contribution in [0.1, 0.15) is 15.9 Å². The van der Waals surface area contributed by atoms with Gasteiger partial charge in [0.05, 0.1) is 4.90 Å². The van der Waals surface area contributed by atoms with Gasteiger partial charge in [0.1, 0.15) is 0 Å². The van der Waals surface area contributed by atoms with Crippen LogP contribution in [0, 0.1) is 0 Å². The zero-order chi connectivity index (χ0) is 16.3. The monoisotopic (exact) mass is 381 g/mol. The molecule has 0 radical (unpaired) electrons. The van der Waals surface area contributed by atoms with E-state index in [1.807, 2.05) is 24.3 Å². The fraction of sp³-hybridized carbons (Fsp3) is 0.188. The van der Waals surface area contributed by atoms with E-state index in [2.05, 4.69) is 15.9 Å². The van der Waals surface area contributed by atoms with Crippen LogP contribution in [0.3, 0.4) is 0 Å². The largest absolute Gasteiger partial charge is 0.337 e. The average molecular weight is 382 g/mol. The molecule has 4 nitrogen and oxygen atoms in total. The average Bonchev–Trinajstić information content (AvgIpc) is 2.48. The Balaban J connectivity index is 2.16. The highest BCUT2D eigenvalue weighted by atomic mass is 79.9. The molecule has 0 atom stereocenters. The highest BCUT2D eigenvalue weighted by molar-refractivity contribution is 9.10. The molecule has 0 bridgehead atoms. The Morgan fingerprint density at radius 1 is 1.09 bits per heavy atom. The molecule has 0 fully saturated rings. The number of carbonyl (C=O) groups is 1. The normalized spacial score (nSPS) is 11.2. The van der Waals surface area contributed by atoms with Gasteiger partial charge in [-0.2, -0.15) is 0 Å². The Hall–Kier alpha value is -1.66. The second kappa shape index (κ2) is 6.62. The third kappa shape index (κ3) is 3.96. The molecule has 0 unspecified atom stereocenters. The molecule has 0 spiro atoms. The minimum Gasteiger partial charge on any atom is -0.337 e. The standard InChI is InChI=1S/C16H16BrNO3S/c1-18(11-13-5-3-4-6-15(13)17)16(19)12-7-9-14(10-8-12)22(2,20)21/h3-10H,11H2,1-2H3. The van der Waals surface area contributed by atoms with Gasteiger partial charge in [-0.25, -0.2) is 8.42 Å². The molecule has 2 aromatic rings. The lowest BCUT2D eigenvalue weighted by atomic mass is 10.1. The van der Waals surface area contributed by atoms with Gasteiger partial charge in [-0.05, 0) is 35.9 Å². The Bertz CT molecular complexity index is 785. The number of halogens is 1. The van der Waals surface area contributed by atoms with Crippen molar-refractivity contribution >= 4 is 31.7 Å². The van der Waals surface area contributed by atoms with Crippen LogP contribution in [0.2, 0.25) is 0 Å². The number of benzene rings is 2. The number of hydrogen-bond acceptors (Lipinski definition) is 3.